The van der Waals surface area contributed by atoms with Gasteiger partial charge in [-0.1, -0.05) is 48.5 Å². The molecule has 0 unspecified atom stereocenters. The van der Waals surface area contributed by atoms with Crippen LogP contribution in [0.15, 0.2) is 48.5 Å². The van der Waals surface area contributed by atoms with E-state index in [2.05, 4.69) is 48.5 Å². The third kappa shape index (κ3) is 2.10. The summed E-state index contributed by atoms with van der Waals surface area (Å²) in [5.74, 6) is 0. The molecule has 0 atom stereocenters. The summed E-state index contributed by atoms with van der Waals surface area (Å²) in [6.45, 7) is 0. The van der Waals surface area contributed by atoms with Gasteiger partial charge in [0.1, 0.15) is 0 Å². The zero-order chi connectivity index (χ0) is 6.81. The van der Waals surface area contributed by atoms with Crippen LogP contribution < -0.4 is 0 Å². The van der Waals surface area contributed by atoms with Gasteiger partial charge in [-0.25, -0.2) is 0 Å². The van der Waals surface area contributed by atoms with Crippen LogP contribution in [-0.4, -0.2) is 48.9 Å². The van der Waals surface area contributed by atoms with Crippen LogP contribution >= 0.6 is 0 Å². The fraction of sp³-hybridized carbons (Fsp3) is 0. The van der Waals surface area contributed by atoms with E-state index in [1.165, 1.54) is 10.8 Å². The van der Waals surface area contributed by atoms with Crippen molar-refractivity contribution in [2.75, 3.05) is 0 Å². The summed E-state index contributed by atoms with van der Waals surface area (Å²) >= 11 is 0. The molecule has 0 fully saturated rings. The molecule has 0 N–H and O–H groups in total. The van der Waals surface area contributed by atoms with Crippen LogP contribution in [0.3, 0.4) is 0 Å². The van der Waals surface area contributed by atoms with E-state index in [1.54, 1.807) is 0 Å². The van der Waals surface area contributed by atoms with E-state index in [9.17, 15) is 0 Å². The van der Waals surface area contributed by atoms with Crippen LogP contribution in [0.4, 0.5) is 0 Å². The van der Waals surface area contributed by atoms with Crippen LogP contribution in [0.2, 0.25) is 0 Å². The van der Waals surface area contributed by atoms with Gasteiger partial charge in [0.2, 0.25) is 0 Å². The molecule has 0 nitrogen and oxygen atoms in total. The van der Waals surface area contributed by atoms with E-state index in [-0.39, 0.29) is 51.7 Å². The molecule has 0 saturated heterocycles. The summed E-state index contributed by atoms with van der Waals surface area (Å²) in [5, 5.41) is 2.62. The third-order valence-corrected chi connectivity index (χ3v) is 1.66. The molecule has 1 heteroatoms. The smallest absolute Gasteiger partial charge is 1.00 e. The molecule has 0 radical (unpaired) electrons. The molecule has 11 heavy (non-hydrogen) atoms. The van der Waals surface area contributed by atoms with Crippen molar-refractivity contribution in [1.82, 2.24) is 0 Å². The molecule has 0 aliphatic heterocycles. The van der Waals surface area contributed by atoms with Crippen molar-refractivity contribution in [3.8, 4) is 0 Å². The van der Waals surface area contributed by atoms with E-state index >= 15 is 0 Å². The average Bonchev–Trinajstić information content (AvgIpc) is 2.05. The molecule has 0 spiro atoms. The SMILES string of the molecule is [Ba+2].[H-].[H-].c1ccc2ccccc2c1. The van der Waals surface area contributed by atoms with Gasteiger partial charge < -0.3 is 2.85 Å². The van der Waals surface area contributed by atoms with Crippen molar-refractivity contribution in [3.63, 3.8) is 0 Å². The molecule has 0 aliphatic carbocycles. The van der Waals surface area contributed by atoms with Gasteiger partial charge in [0, 0.05) is 0 Å². The minimum absolute atomic E-state index is 0. The second-order valence-electron chi connectivity index (χ2n) is 2.35. The largest absolute Gasteiger partial charge is 2.00 e. The van der Waals surface area contributed by atoms with E-state index in [0.717, 1.165) is 0 Å². The Kier molecular flexibility index (Phi) is 3.69. The Morgan fingerprint density at radius 1 is 0.636 bits per heavy atom. The fourth-order valence-corrected chi connectivity index (χ4v) is 1.13. The Morgan fingerprint density at radius 3 is 1.18 bits per heavy atom. The quantitative estimate of drug-likeness (QED) is 0.644. The van der Waals surface area contributed by atoms with E-state index in [4.69, 9.17) is 0 Å². The minimum atomic E-state index is 0. The summed E-state index contributed by atoms with van der Waals surface area (Å²) in [6.07, 6.45) is 0. The van der Waals surface area contributed by atoms with Crippen molar-refractivity contribution in [2.24, 2.45) is 0 Å². The maximum atomic E-state index is 2.12. The first-order chi connectivity index (χ1) is 4.97. The Bertz CT molecular complexity index is 284. The second-order valence-corrected chi connectivity index (χ2v) is 2.35. The standard InChI is InChI=1S/C10H8.Ba.2H/c1-2-6-10-8-4-3-7-9(10)5-1;;;/h1-8H;;;/q;+2;2*-1. The first-order valence-electron chi connectivity index (χ1n) is 3.40. The first kappa shape index (κ1) is 9.36. The zero-order valence-electron chi connectivity index (χ0n) is 8.33. The van der Waals surface area contributed by atoms with Gasteiger partial charge in [-0.05, 0) is 10.8 Å². The van der Waals surface area contributed by atoms with Crippen LogP contribution in [0.25, 0.3) is 10.8 Å². The van der Waals surface area contributed by atoms with E-state index < -0.39 is 0 Å². The van der Waals surface area contributed by atoms with Crippen molar-refractivity contribution in [3.05, 3.63) is 48.5 Å². The van der Waals surface area contributed by atoms with Gasteiger partial charge in [-0.15, -0.1) is 0 Å². The molecule has 2 aromatic rings. The molecule has 0 aromatic heterocycles. The molecule has 2 rings (SSSR count). The fourth-order valence-electron chi connectivity index (χ4n) is 1.13. The molecule has 0 aliphatic rings. The predicted octanol–water partition coefficient (Wildman–Crippen LogP) is 2.68. The minimum Gasteiger partial charge on any atom is -1.00 e. The summed E-state index contributed by atoms with van der Waals surface area (Å²) < 4.78 is 0. The normalized spacial score (nSPS) is 9.09. The molecule has 2 aromatic carbocycles. The summed E-state index contributed by atoms with van der Waals surface area (Å²) in [7, 11) is 0. The third-order valence-electron chi connectivity index (χ3n) is 1.66. The zero-order valence-corrected chi connectivity index (χ0v) is 10.8. The van der Waals surface area contributed by atoms with Crippen LogP contribution in [0.1, 0.15) is 2.85 Å². The number of rotatable bonds is 0. The van der Waals surface area contributed by atoms with E-state index in [0.29, 0.717) is 0 Å². The number of fused-ring (bicyclic) bond motifs is 1. The monoisotopic (exact) mass is 268 g/mol. The molecule has 52 valence electrons. The Balaban J connectivity index is 0. The maximum absolute atomic E-state index is 2.12. The van der Waals surface area contributed by atoms with Gasteiger partial charge in [-0.2, -0.15) is 0 Å². The maximum Gasteiger partial charge on any atom is 2.00 e. The Hall–Kier alpha value is 0.271. The molecular formula is C10H10Ba. The summed E-state index contributed by atoms with van der Waals surface area (Å²) in [5.41, 5.74) is 0. The van der Waals surface area contributed by atoms with Crippen molar-refractivity contribution in [1.29, 1.82) is 0 Å². The van der Waals surface area contributed by atoms with Crippen molar-refractivity contribution >= 4 is 59.7 Å². The predicted molar refractivity (Wildman–Crippen MR) is 51.9 cm³/mol. The van der Waals surface area contributed by atoms with Crippen LogP contribution in [0.5, 0.6) is 0 Å². The summed E-state index contributed by atoms with van der Waals surface area (Å²) in [4.78, 5) is 0. The number of hydrogen-bond donors (Lipinski definition) is 0. The van der Waals surface area contributed by atoms with Gasteiger partial charge in [0.05, 0.1) is 0 Å². The topological polar surface area (TPSA) is 0 Å². The van der Waals surface area contributed by atoms with Crippen molar-refractivity contribution in [2.45, 2.75) is 0 Å². The van der Waals surface area contributed by atoms with Gasteiger partial charge in [0.25, 0.3) is 0 Å². The number of benzene rings is 2. The van der Waals surface area contributed by atoms with E-state index in [1.807, 2.05) is 0 Å². The van der Waals surface area contributed by atoms with Gasteiger partial charge in [0.15, 0.2) is 0 Å². The molecule has 0 saturated carbocycles. The average molecular weight is 268 g/mol. The molecule has 0 heterocycles. The Morgan fingerprint density at radius 2 is 0.909 bits per heavy atom. The second kappa shape index (κ2) is 4.34. The van der Waals surface area contributed by atoms with Crippen LogP contribution in [0, 0.1) is 0 Å². The van der Waals surface area contributed by atoms with Gasteiger partial charge in [-0.3, -0.25) is 0 Å². The first-order valence-corrected chi connectivity index (χ1v) is 3.40. The summed E-state index contributed by atoms with van der Waals surface area (Å²) in [6, 6.07) is 16.7. The Labute approximate surface area is 110 Å². The number of hydrogen-bond acceptors (Lipinski definition) is 0. The van der Waals surface area contributed by atoms with Gasteiger partial charge >= 0.3 is 48.9 Å². The molecule has 0 bridgehead atoms. The molecular weight excluding hydrogens is 257 g/mol. The van der Waals surface area contributed by atoms with Crippen molar-refractivity contribution < 1.29 is 2.85 Å². The molecule has 0 amide bonds. The van der Waals surface area contributed by atoms with Crippen LogP contribution in [-0.2, 0) is 0 Å².